The summed E-state index contributed by atoms with van der Waals surface area (Å²) in [6.07, 6.45) is 0.179. The molecule has 2 amide bonds. The molecule has 0 saturated carbocycles. The first-order chi connectivity index (χ1) is 13.6. The monoisotopic (exact) mass is 380 g/mol. The van der Waals surface area contributed by atoms with Crippen molar-refractivity contribution in [2.45, 2.75) is 25.6 Å². The number of amides is 2. The van der Waals surface area contributed by atoms with Crippen molar-refractivity contribution in [3.05, 3.63) is 65.7 Å². The van der Waals surface area contributed by atoms with E-state index in [9.17, 15) is 9.59 Å². The second kappa shape index (κ2) is 7.92. The molecule has 28 heavy (non-hydrogen) atoms. The second-order valence-corrected chi connectivity index (χ2v) is 7.35. The van der Waals surface area contributed by atoms with Crippen molar-refractivity contribution in [3.8, 4) is 5.75 Å². The van der Waals surface area contributed by atoms with Gasteiger partial charge in [0.15, 0.2) is 0 Å². The van der Waals surface area contributed by atoms with Crippen molar-refractivity contribution in [1.82, 2.24) is 9.80 Å². The first-order valence-corrected chi connectivity index (χ1v) is 9.52. The fourth-order valence-electron chi connectivity index (χ4n) is 4.03. The molecule has 0 N–H and O–H groups in total. The van der Waals surface area contributed by atoms with Crippen molar-refractivity contribution in [2.24, 2.45) is 5.92 Å². The predicted octanol–water partition coefficient (Wildman–Crippen LogP) is 3.06. The fourth-order valence-corrected chi connectivity index (χ4v) is 4.03. The maximum atomic E-state index is 12.5. The van der Waals surface area contributed by atoms with Gasteiger partial charge in [-0.2, -0.15) is 0 Å². The summed E-state index contributed by atoms with van der Waals surface area (Å²) in [5, 5.41) is 0. The zero-order valence-corrected chi connectivity index (χ0v) is 15.9. The normalized spacial score (nSPS) is 21.0. The Morgan fingerprint density at radius 2 is 1.79 bits per heavy atom. The molecule has 2 aromatic carbocycles. The summed E-state index contributed by atoms with van der Waals surface area (Å²) in [6.45, 7) is 1.92. The maximum Gasteiger partial charge on any atom is 0.410 e. The Bertz CT molecular complexity index is 837. The van der Waals surface area contributed by atoms with E-state index < -0.39 is 0 Å². The van der Waals surface area contributed by atoms with Crippen LogP contribution in [0.5, 0.6) is 5.75 Å². The third-order valence-electron chi connectivity index (χ3n) is 5.54. The van der Waals surface area contributed by atoms with Crippen molar-refractivity contribution in [3.63, 3.8) is 0 Å². The number of carbonyl (C=O) groups excluding carboxylic acids is 2. The van der Waals surface area contributed by atoms with E-state index >= 15 is 0 Å². The number of hydrogen-bond donors (Lipinski definition) is 0. The number of carbonyl (C=O) groups is 2. The van der Waals surface area contributed by atoms with Crippen LogP contribution in [-0.2, 0) is 22.7 Å². The highest BCUT2D eigenvalue weighted by molar-refractivity contribution is 5.80. The number of hydrogen-bond acceptors (Lipinski definition) is 4. The summed E-state index contributed by atoms with van der Waals surface area (Å²) >= 11 is 0. The lowest BCUT2D eigenvalue weighted by Gasteiger charge is -2.25. The smallest absolute Gasteiger partial charge is 0.410 e. The molecule has 2 unspecified atom stereocenters. The molecule has 0 spiro atoms. The molecule has 2 aromatic rings. The van der Waals surface area contributed by atoms with Gasteiger partial charge in [-0.25, -0.2) is 4.79 Å². The molecule has 6 nitrogen and oxygen atoms in total. The number of ether oxygens (including phenoxy) is 2. The van der Waals surface area contributed by atoms with Crippen LogP contribution >= 0.6 is 0 Å². The van der Waals surface area contributed by atoms with E-state index in [1.165, 1.54) is 0 Å². The highest BCUT2D eigenvalue weighted by Gasteiger charge is 2.47. The summed E-state index contributed by atoms with van der Waals surface area (Å²) in [7, 11) is 1.63. The summed E-state index contributed by atoms with van der Waals surface area (Å²) in [4.78, 5) is 28.6. The van der Waals surface area contributed by atoms with Gasteiger partial charge in [0.25, 0.3) is 0 Å². The Balaban J connectivity index is 1.36. The van der Waals surface area contributed by atoms with Crippen molar-refractivity contribution in [2.75, 3.05) is 20.2 Å². The SMILES string of the molecule is COc1ccc(CN2C(=O)CC3CN(C(=O)OCc4ccccc4)CC32)cc1. The van der Waals surface area contributed by atoms with Gasteiger partial charge in [-0.15, -0.1) is 0 Å². The summed E-state index contributed by atoms with van der Waals surface area (Å²) in [5.41, 5.74) is 2.02. The van der Waals surface area contributed by atoms with Crippen LogP contribution in [0.1, 0.15) is 17.5 Å². The van der Waals surface area contributed by atoms with Gasteiger partial charge < -0.3 is 19.3 Å². The van der Waals surface area contributed by atoms with Gasteiger partial charge in [0.1, 0.15) is 12.4 Å². The molecular weight excluding hydrogens is 356 g/mol. The average molecular weight is 380 g/mol. The third-order valence-corrected chi connectivity index (χ3v) is 5.54. The molecule has 0 aliphatic carbocycles. The van der Waals surface area contributed by atoms with Gasteiger partial charge in [-0.05, 0) is 23.3 Å². The maximum absolute atomic E-state index is 12.5. The lowest BCUT2D eigenvalue weighted by molar-refractivity contribution is -0.129. The zero-order chi connectivity index (χ0) is 19.5. The van der Waals surface area contributed by atoms with Gasteiger partial charge in [-0.1, -0.05) is 42.5 Å². The van der Waals surface area contributed by atoms with E-state index in [0.717, 1.165) is 16.9 Å². The first-order valence-electron chi connectivity index (χ1n) is 9.52. The quantitative estimate of drug-likeness (QED) is 0.800. The molecule has 2 aliphatic rings. The van der Waals surface area contributed by atoms with Crippen molar-refractivity contribution < 1.29 is 19.1 Å². The lowest BCUT2D eigenvalue weighted by atomic mass is 10.0. The van der Waals surface area contributed by atoms with Crippen LogP contribution in [0.3, 0.4) is 0 Å². The van der Waals surface area contributed by atoms with Crippen LogP contribution in [-0.4, -0.2) is 48.0 Å². The van der Waals surface area contributed by atoms with Crippen LogP contribution in [0, 0.1) is 5.92 Å². The summed E-state index contributed by atoms with van der Waals surface area (Å²) in [6, 6.07) is 17.4. The molecular formula is C22H24N2O4. The number of rotatable bonds is 5. The fraction of sp³-hybridized carbons (Fsp3) is 0.364. The van der Waals surface area contributed by atoms with Gasteiger partial charge in [0.2, 0.25) is 5.91 Å². The summed E-state index contributed by atoms with van der Waals surface area (Å²) in [5.74, 6) is 1.13. The molecule has 2 saturated heterocycles. The van der Waals surface area contributed by atoms with Gasteiger partial charge in [0, 0.05) is 32.0 Å². The highest BCUT2D eigenvalue weighted by atomic mass is 16.6. The highest BCUT2D eigenvalue weighted by Crippen LogP contribution is 2.34. The zero-order valence-electron chi connectivity index (χ0n) is 15.9. The first kappa shape index (κ1) is 18.3. The number of fused-ring (bicyclic) bond motifs is 1. The molecule has 0 bridgehead atoms. The third kappa shape index (κ3) is 3.81. The Hall–Kier alpha value is -3.02. The van der Waals surface area contributed by atoms with E-state index in [2.05, 4.69) is 0 Å². The van der Waals surface area contributed by atoms with E-state index in [-0.39, 0.29) is 30.6 Å². The molecule has 4 rings (SSSR count). The molecule has 2 atom stereocenters. The molecule has 2 aliphatic heterocycles. The van der Waals surface area contributed by atoms with Crippen LogP contribution < -0.4 is 4.74 Å². The molecule has 146 valence electrons. The minimum Gasteiger partial charge on any atom is -0.497 e. The number of benzene rings is 2. The topological polar surface area (TPSA) is 59.1 Å². The number of nitrogens with zero attached hydrogens (tertiary/aromatic N) is 2. The molecule has 0 aromatic heterocycles. The molecule has 2 heterocycles. The molecule has 2 fully saturated rings. The van der Waals surface area contributed by atoms with E-state index in [1.807, 2.05) is 59.5 Å². The van der Waals surface area contributed by atoms with Crippen LogP contribution in [0.2, 0.25) is 0 Å². The van der Waals surface area contributed by atoms with Gasteiger partial charge >= 0.3 is 6.09 Å². The molecule has 6 heteroatoms. The van der Waals surface area contributed by atoms with Crippen molar-refractivity contribution in [1.29, 1.82) is 0 Å². The second-order valence-electron chi connectivity index (χ2n) is 7.35. The van der Waals surface area contributed by atoms with Gasteiger partial charge in [0.05, 0.1) is 13.2 Å². The van der Waals surface area contributed by atoms with E-state index in [0.29, 0.717) is 26.1 Å². The standard InChI is InChI=1S/C22H24N2O4/c1-27-19-9-7-16(8-10-19)12-24-20-14-23(13-18(20)11-21(24)25)22(26)28-15-17-5-3-2-4-6-17/h2-10,18,20H,11-15H2,1H3. The van der Waals surface area contributed by atoms with Gasteiger partial charge in [-0.3, -0.25) is 4.79 Å². The van der Waals surface area contributed by atoms with E-state index in [4.69, 9.17) is 9.47 Å². The minimum atomic E-state index is -0.310. The number of likely N-dealkylation sites (tertiary alicyclic amines) is 2. The van der Waals surface area contributed by atoms with Crippen molar-refractivity contribution >= 4 is 12.0 Å². The van der Waals surface area contributed by atoms with Crippen LogP contribution in [0.4, 0.5) is 4.79 Å². The predicted molar refractivity (Wildman–Crippen MR) is 104 cm³/mol. The van der Waals surface area contributed by atoms with Crippen LogP contribution in [0.15, 0.2) is 54.6 Å². The Labute approximate surface area is 164 Å². The summed E-state index contributed by atoms with van der Waals surface area (Å²) < 4.78 is 10.6. The Morgan fingerprint density at radius 3 is 2.50 bits per heavy atom. The number of methoxy groups -OCH3 is 1. The Kier molecular flexibility index (Phi) is 5.19. The van der Waals surface area contributed by atoms with Crippen LogP contribution in [0.25, 0.3) is 0 Å². The van der Waals surface area contributed by atoms with E-state index in [1.54, 1.807) is 12.0 Å². The minimum absolute atomic E-state index is 0.0545. The largest absolute Gasteiger partial charge is 0.497 e. The lowest BCUT2D eigenvalue weighted by Crippen LogP contribution is -2.39. The Morgan fingerprint density at radius 1 is 1.04 bits per heavy atom. The average Bonchev–Trinajstić information content (AvgIpc) is 3.26. The molecule has 0 radical (unpaired) electrons.